The normalized spacial score (nSPS) is 17.9. The van der Waals surface area contributed by atoms with Crippen LogP contribution in [0.25, 0.3) is 56.1 Å². The quantitative estimate of drug-likeness (QED) is 0.0136. The topological polar surface area (TPSA) is 213 Å². The van der Waals surface area contributed by atoms with Crippen LogP contribution in [0.1, 0.15) is 74.6 Å². The fourth-order valence-electron chi connectivity index (χ4n) is 12.6. The zero-order chi connectivity index (χ0) is 75.5. The maximum absolute atomic E-state index is 12.8. The van der Waals surface area contributed by atoms with Crippen molar-refractivity contribution in [2.75, 3.05) is 91.6 Å². The summed E-state index contributed by atoms with van der Waals surface area (Å²) in [5.41, 5.74) is 9.05. The first-order chi connectivity index (χ1) is 49.5. The molecular weight excluding hydrogens is 1460 g/mol. The molecule has 2 saturated carbocycles. The number of fused-ring (bicyclic) bond motifs is 2. The number of rotatable bonds is 32. The molecule has 561 valence electrons. The average Bonchev–Trinajstić information content (AvgIpc) is 1.51. The number of thiol groups is 1. The number of pyridine rings is 2. The minimum atomic E-state index is -1.29. The summed E-state index contributed by atoms with van der Waals surface area (Å²) < 4.78 is 54.6. The maximum atomic E-state index is 12.8. The van der Waals surface area contributed by atoms with Gasteiger partial charge in [-0.1, -0.05) is 151 Å². The number of benzene rings is 2. The second-order valence-electron chi connectivity index (χ2n) is 31.9. The van der Waals surface area contributed by atoms with Crippen molar-refractivity contribution in [2.45, 2.75) is 177 Å². The molecule has 0 atom stereocenters. The molecule has 6 aromatic heterocycles. The number of nitrogens with zero attached hydrogens (tertiary/aromatic N) is 11. The number of methoxy groups -OCH3 is 4. The predicted octanol–water partition coefficient (Wildman–Crippen LogP) is 17.2. The first-order valence-corrected chi connectivity index (χ1v) is 52.1. The van der Waals surface area contributed by atoms with Crippen LogP contribution in [-0.2, 0) is 47.5 Å². The van der Waals surface area contributed by atoms with Gasteiger partial charge in [-0.15, -0.1) is 0 Å². The molecule has 0 N–H and O–H groups in total. The van der Waals surface area contributed by atoms with Crippen molar-refractivity contribution in [3.05, 3.63) is 132 Å². The van der Waals surface area contributed by atoms with Crippen LogP contribution in [0.15, 0.2) is 125 Å². The van der Waals surface area contributed by atoms with Crippen molar-refractivity contribution in [3.63, 3.8) is 0 Å². The fraction of sp³-hybridized carbons (Fsp3) is 0.526. The molecule has 2 fully saturated rings. The molecule has 2 aliphatic carbocycles. The molecule has 21 nitrogen and oxygen atoms in total. The molecule has 0 bridgehead atoms. The molecule has 28 heteroatoms. The van der Waals surface area contributed by atoms with Crippen LogP contribution in [0.2, 0.25) is 103 Å². The van der Waals surface area contributed by atoms with Crippen molar-refractivity contribution in [2.24, 2.45) is 4.30 Å². The van der Waals surface area contributed by atoms with Gasteiger partial charge in [0.1, 0.15) is 32.7 Å². The van der Waals surface area contributed by atoms with E-state index >= 15 is 0 Å². The molecule has 0 amide bonds. The third-order valence-corrected chi connectivity index (χ3v) is 26.8. The van der Waals surface area contributed by atoms with Crippen molar-refractivity contribution < 1.29 is 47.5 Å². The standard InChI is InChI=1S/C38H54BrN5O5Si2.C38H55N5O5Si2.BHNS/c1-46-37(45)38(47-2)18-16-29(17-19-38)34-33(39)36(43(26-48-20-22-50(3,4)5)27-49-21-23-51(6,7)8)44-35(42-34)31(25-41-44)30-14-15-32(40-24-30)28-12-10-9-11-13-28;1-45-37(44)38(46-2)18-16-30(17-19-38)34-24-35(42(27-47-20-22-49(3,4)5)28-48-21-23-50(6,7)8)43-36(41-34)32(26-40-43)31-14-15-33(39-25-31)29-12-10-9-11-13-29;1-2-3/h9-15,24-25,29H,16-23,26-27H2,1-8H3;9-15,24-26,30H,16-23,27-28H2,1-8H3;3H. The van der Waals surface area contributed by atoms with E-state index in [1.807, 2.05) is 82.3 Å². The number of ether oxygens (including phenoxy) is 8. The number of carbonyl (C=O) groups excluding carboxylic acids is 2. The molecule has 2 aliphatic rings. The van der Waals surface area contributed by atoms with E-state index in [-0.39, 0.29) is 23.8 Å². The fourth-order valence-corrected chi connectivity index (χ4v) is 16.5. The Bertz CT molecular complexity index is 3990. The number of anilines is 2. The van der Waals surface area contributed by atoms with E-state index in [2.05, 4.69) is 172 Å². The Labute approximate surface area is 635 Å². The number of hydrogen-bond donors (Lipinski definition) is 1. The summed E-state index contributed by atoms with van der Waals surface area (Å²) in [5.74, 6) is 1.24. The molecule has 8 aromatic rings. The van der Waals surface area contributed by atoms with Gasteiger partial charge in [-0.25, -0.2) is 19.6 Å². The Balaban J connectivity index is 0.000000254. The molecule has 10 rings (SSSR count). The Hall–Kier alpha value is -6.16. The summed E-state index contributed by atoms with van der Waals surface area (Å²) in [6, 6.07) is 35.0. The van der Waals surface area contributed by atoms with Gasteiger partial charge in [0, 0.05) is 142 Å². The summed E-state index contributed by atoms with van der Waals surface area (Å²) in [6.45, 7) is 32.5. The molecule has 1 radical (unpaired) electrons. The molecule has 104 heavy (non-hydrogen) atoms. The molecule has 6 heterocycles. The summed E-state index contributed by atoms with van der Waals surface area (Å²) in [5, 5.41) is 9.82. The van der Waals surface area contributed by atoms with Crippen LogP contribution < -0.4 is 9.80 Å². The average molecular weight is 1570 g/mol. The van der Waals surface area contributed by atoms with Crippen molar-refractivity contribution in [3.8, 4) is 44.8 Å². The number of aromatic nitrogens is 8. The van der Waals surface area contributed by atoms with Crippen molar-refractivity contribution in [1.82, 2.24) is 39.2 Å². The monoisotopic (exact) mass is 1570 g/mol. The van der Waals surface area contributed by atoms with Gasteiger partial charge in [-0.05, 0) is 104 Å². The molecule has 0 aliphatic heterocycles. The summed E-state index contributed by atoms with van der Waals surface area (Å²) >= 11 is 7.20. The Morgan fingerprint density at radius 1 is 0.529 bits per heavy atom. The second kappa shape index (κ2) is 38.1. The van der Waals surface area contributed by atoms with Crippen LogP contribution in [0.5, 0.6) is 0 Å². The second-order valence-corrected chi connectivity index (χ2v) is 55.4. The molecule has 0 unspecified atom stereocenters. The van der Waals surface area contributed by atoms with E-state index in [0.29, 0.717) is 91.9 Å². The van der Waals surface area contributed by atoms with E-state index in [0.717, 1.165) is 121 Å². The number of hydrogen-bond acceptors (Lipinski definition) is 20. The molecule has 0 spiro atoms. The Morgan fingerprint density at radius 3 is 1.27 bits per heavy atom. The number of esters is 2. The van der Waals surface area contributed by atoms with Crippen LogP contribution in [0, 0.1) is 0 Å². The first-order valence-electron chi connectivity index (χ1n) is 36.1. The van der Waals surface area contributed by atoms with Gasteiger partial charge in [0.25, 0.3) is 0 Å². The third-order valence-electron chi connectivity index (χ3n) is 19.2. The van der Waals surface area contributed by atoms with E-state index in [9.17, 15) is 9.59 Å². The number of carbonyl (C=O) groups is 2. The zero-order valence-corrected chi connectivity index (χ0v) is 70.7. The SMILES string of the molecule is COC(=O)C1(OC)CCC(c2cc(N(COCC[Si](C)(C)C)COCC[Si](C)(C)C)n3ncc(-c4ccc(-c5ccccc5)nc4)c3n2)CC1.COC(=O)C1(OC)CCC(c2nc3c(-c4ccc(-c5ccccc5)nc4)cnn3c(N(COCC[Si](C)(C)C)COCC[Si](C)(C)C)c2Br)CC1.[B]=NS. The van der Waals surface area contributed by atoms with E-state index in [1.54, 1.807) is 14.2 Å². The van der Waals surface area contributed by atoms with Gasteiger partial charge in [0.15, 0.2) is 28.3 Å². The van der Waals surface area contributed by atoms with Crippen molar-refractivity contribution in [1.29, 1.82) is 0 Å². The molecule has 0 saturated heterocycles. The van der Waals surface area contributed by atoms with Crippen molar-refractivity contribution >= 4 is 104 Å². The van der Waals surface area contributed by atoms with Crippen LogP contribution in [-0.4, -0.2) is 184 Å². The van der Waals surface area contributed by atoms with Crippen LogP contribution in [0.3, 0.4) is 0 Å². The van der Waals surface area contributed by atoms with Gasteiger partial charge in [-0.2, -0.15) is 19.2 Å². The summed E-state index contributed by atoms with van der Waals surface area (Å²) in [6.07, 6.45) is 12.6. The van der Waals surface area contributed by atoms with Gasteiger partial charge in [-0.3, -0.25) is 9.97 Å². The van der Waals surface area contributed by atoms with Crippen LogP contribution >= 0.6 is 28.7 Å². The van der Waals surface area contributed by atoms with Gasteiger partial charge in [0.2, 0.25) is 0 Å². The Morgan fingerprint density at radius 2 is 0.904 bits per heavy atom. The van der Waals surface area contributed by atoms with E-state index < -0.39 is 43.5 Å². The first kappa shape index (κ1) is 83.5. The molecular formula is C76H110BBrN11O10SSi4. The van der Waals surface area contributed by atoms with Gasteiger partial charge >= 0.3 is 36.7 Å². The van der Waals surface area contributed by atoms with E-state index in [4.69, 9.17) is 68.0 Å². The van der Waals surface area contributed by atoms with E-state index in [1.165, 1.54) is 14.2 Å². The van der Waals surface area contributed by atoms with Crippen LogP contribution in [0.4, 0.5) is 11.6 Å². The predicted molar refractivity (Wildman–Crippen MR) is 435 cm³/mol. The Kier molecular flexibility index (Phi) is 30.6. The third kappa shape index (κ3) is 22.9. The number of halogens is 1. The zero-order valence-electron chi connectivity index (χ0n) is 64.2. The summed E-state index contributed by atoms with van der Waals surface area (Å²) in [7, 11) is 5.25. The summed E-state index contributed by atoms with van der Waals surface area (Å²) in [4.78, 5) is 50.0. The minimum absolute atomic E-state index is 0.0693. The molecule has 2 aromatic carbocycles. The van der Waals surface area contributed by atoms with Gasteiger partial charge < -0.3 is 47.7 Å². The van der Waals surface area contributed by atoms with Gasteiger partial charge in [0.05, 0.1) is 48.2 Å².